The average molecular weight is 204 g/mol. The third-order valence-corrected chi connectivity index (χ3v) is 2.80. The molecule has 0 aromatic heterocycles. The summed E-state index contributed by atoms with van der Waals surface area (Å²) in [4.78, 5) is 23.0. The van der Waals surface area contributed by atoms with Crippen molar-refractivity contribution >= 4 is 11.6 Å². The molecular formula is C12H12O3. The van der Waals surface area contributed by atoms with Gasteiger partial charge in [0.25, 0.3) is 0 Å². The van der Waals surface area contributed by atoms with Crippen LogP contribution in [0.5, 0.6) is 0 Å². The molecule has 1 saturated heterocycles. The molecule has 3 heteroatoms. The molecule has 1 heterocycles. The first-order valence-corrected chi connectivity index (χ1v) is 4.84. The summed E-state index contributed by atoms with van der Waals surface area (Å²) in [5.41, 5.74) is -0.306. The molecule has 0 amide bonds. The van der Waals surface area contributed by atoms with E-state index in [-0.39, 0.29) is 11.6 Å². The van der Waals surface area contributed by atoms with E-state index >= 15 is 0 Å². The number of hydrogen-bond acceptors (Lipinski definition) is 3. The van der Waals surface area contributed by atoms with Crippen LogP contribution in [0.25, 0.3) is 0 Å². The van der Waals surface area contributed by atoms with Gasteiger partial charge >= 0.3 is 0 Å². The molecule has 0 aliphatic carbocycles. The van der Waals surface area contributed by atoms with Gasteiger partial charge in [0.2, 0.25) is 0 Å². The minimum atomic E-state index is -0.896. The van der Waals surface area contributed by atoms with Crippen molar-refractivity contribution in [1.82, 2.24) is 0 Å². The number of epoxide rings is 1. The molecule has 1 aromatic carbocycles. The molecule has 1 aromatic rings. The van der Waals surface area contributed by atoms with Crippen molar-refractivity contribution in [2.75, 3.05) is 0 Å². The third kappa shape index (κ3) is 1.59. The Morgan fingerprint density at radius 1 is 1.27 bits per heavy atom. The molecule has 0 bridgehead atoms. The van der Waals surface area contributed by atoms with Gasteiger partial charge < -0.3 is 4.74 Å². The molecule has 0 N–H and O–H groups in total. The molecule has 0 spiro atoms. The van der Waals surface area contributed by atoms with E-state index in [1.807, 2.05) is 6.07 Å². The fourth-order valence-corrected chi connectivity index (χ4v) is 1.54. The smallest absolute Gasteiger partial charge is 0.195 e. The van der Waals surface area contributed by atoms with Gasteiger partial charge in [0.15, 0.2) is 23.3 Å². The van der Waals surface area contributed by atoms with E-state index in [1.165, 1.54) is 6.92 Å². The second-order valence-electron chi connectivity index (χ2n) is 3.89. The molecule has 0 unspecified atom stereocenters. The molecule has 3 nitrogen and oxygen atoms in total. The van der Waals surface area contributed by atoms with E-state index in [4.69, 9.17) is 4.74 Å². The fraction of sp³-hybridized carbons (Fsp3) is 0.333. The van der Waals surface area contributed by atoms with Crippen molar-refractivity contribution < 1.29 is 14.3 Å². The van der Waals surface area contributed by atoms with Crippen molar-refractivity contribution in [1.29, 1.82) is 0 Å². The molecule has 1 aliphatic rings. The summed E-state index contributed by atoms with van der Waals surface area (Å²) in [5, 5.41) is 0. The lowest BCUT2D eigenvalue weighted by Crippen LogP contribution is -2.24. The van der Waals surface area contributed by atoms with Crippen molar-refractivity contribution in [3.05, 3.63) is 35.9 Å². The number of ketones is 2. The molecule has 0 radical (unpaired) electrons. The number of ether oxygens (including phenoxy) is 1. The zero-order valence-corrected chi connectivity index (χ0v) is 8.69. The highest BCUT2D eigenvalue weighted by Crippen LogP contribution is 2.38. The van der Waals surface area contributed by atoms with E-state index in [0.29, 0.717) is 5.56 Å². The Labute approximate surface area is 88.1 Å². The van der Waals surface area contributed by atoms with Gasteiger partial charge in [0, 0.05) is 5.56 Å². The predicted octanol–water partition coefficient (Wildman–Crippen LogP) is 1.62. The Balaban J connectivity index is 2.17. The molecule has 78 valence electrons. The molecule has 2 atom stereocenters. The zero-order chi connectivity index (χ0) is 11.1. The second-order valence-corrected chi connectivity index (χ2v) is 3.89. The van der Waals surface area contributed by atoms with E-state index < -0.39 is 11.7 Å². The monoisotopic (exact) mass is 204 g/mol. The van der Waals surface area contributed by atoms with Crippen LogP contribution in [0.3, 0.4) is 0 Å². The predicted molar refractivity (Wildman–Crippen MR) is 54.7 cm³/mol. The average Bonchev–Trinajstić information content (AvgIpc) is 2.93. The first-order chi connectivity index (χ1) is 7.05. The standard InChI is InChI=1S/C12H12O3/c1-8(13)12(2)11(15-12)10(14)9-6-4-3-5-7-9/h3-7,11H,1-2H3/t11-,12-/m0/s1. The van der Waals surface area contributed by atoms with E-state index in [0.717, 1.165) is 0 Å². The summed E-state index contributed by atoms with van der Waals surface area (Å²) in [6, 6.07) is 8.88. The maximum atomic E-state index is 11.8. The van der Waals surface area contributed by atoms with Gasteiger partial charge in [0.1, 0.15) is 0 Å². The van der Waals surface area contributed by atoms with Crippen LogP contribution in [0.15, 0.2) is 30.3 Å². The fourth-order valence-electron chi connectivity index (χ4n) is 1.54. The van der Waals surface area contributed by atoms with Gasteiger partial charge in [-0.25, -0.2) is 0 Å². The Morgan fingerprint density at radius 3 is 2.33 bits per heavy atom. The first kappa shape index (κ1) is 10.1. The van der Waals surface area contributed by atoms with Crippen LogP contribution in [0.4, 0.5) is 0 Å². The Kier molecular flexibility index (Phi) is 2.20. The molecular weight excluding hydrogens is 192 g/mol. The van der Waals surface area contributed by atoms with Crippen LogP contribution in [0.2, 0.25) is 0 Å². The van der Waals surface area contributed by atoms with Crippen molar-refractivity contribution in [2.45, 2.75) is 25.6 Å². The largest absolute Gasteiger partial charge is 0.349 e. The molecule has 15 heavy (non-hydrogen) atoms. The number of hydrogen-bond donors (Lipinski definition) is 0. The molecule has 2 rings (SSSR count). The van der Waals surface area contributed by atoms with E-state index in [2.05, 4.69) is 0 Å². The van der Waals surface area contributed by atoms with Crippen LogP contribution in [0, 0.1) is 0 Å². The SMILES string of the molecule is CC(=O)[C@]1(C)O[C@H]1C(=O)c1ccccc1. The van der Waals surface area contributed by atoms with Gasteiger partial charge in [-0.3, -0.25) is 9.59 Å². The number of carbonyl (C=O) groups excluding carboxylic acids is 2. The van der Waals surface area contributed by atoms with Crippen molar-refractivity contribution in [3.63, 3.8) is 0 Å². The number of benzene rings is 1. The maximum absolute atomic E-state index is 11.8. The summed E-state index contributed by atoms with van der Waals surface area (Å²) in [7, 11) is 0. The molecule has 1 fully saturated rings. The Bertz CT molecular complexity index is 410. The highest BCUT2D eigenvalue weighted by atomic mass is 16.6. The normalized spacial score (nSPS) is 28.5. The van der Waals surface area contributed by atoms with Gasteiger partial charge in [-0.05, 0) is 13.8 Å². The summed E-state index contributed by atoms with van der Waals surface area (Å²) < 4.78 is 5.18. The lowest BCUT2D eigenvalue weighted by atomic mass is 9.97. The minimum Gasteiger partial charge on any atom is -0.349 e. The third-order valence-electron chi connectivity index (χ3n) is 2.80. The van der Waals surface area contributed by atoms with E-state index in [1.54, 1.807) is 31.2 Å². The van der Waals surface area contributed by atoms with Crippen LogP contribution in [0.1, 0.15) is 24.2 Å². The lowest BCUT2D eigenvalue weighted by Gasteiger charge is -1.99. The highest BCUT2D eigenvalue weighted by molar-refractivity contribution is 6.07. The quantitative estimate of drug-likeness (QED) is 0.555. The van der Waals surface area contributed by atoms with Crippen LogP contribution in [-0.4, -0.2) is 23.3 Å². The van der Waals surface area contributed by atoms with Gasteiger partial charge in [-0.1, -0.05) is 30.3 Å². The summed E-state index contributed by atoms with van der Waals surface area (Å²) in [6.45, 7) is 3.10. The zero-order valence-electron chi connectivity index (χ0n) is 8.69. The van der Waals surface area contributed by atoms with Crippen LogP contribution >= 0.6 is 0 Å². The van der Waals surface area contributed by atoms with Crippen LogP contribution in [-0.2, 0) is 9.53 Å². The molecule has 1 aliphatic heterocycles. The van der Waals surface area contributed by atoms with Gasteiger partial charge in [0.05, 0.1) is 0 Å². The Hall–Kier alpha value is -1.48. The summed E-state index contributed by atoms with van der Waals surface area (Å²) in [6.07, 6.45) is -0.600. The minimum absolute atomic E-state index is 0.100. The topological polar surface area (TPSA) is 46.7 Å². The van der Waals surface area contributed by atoms with Crippen molar-refractivity contribution in [2.24, 2.45) is 0 Å². The van der Waals surface area contributed by atoms with Gasteiger partial charge in [-0.2, -0.15) is 0 Å². The first-order valence-electron chi connectivity index (χ1n) is 4.84. The highest BCUT2D eigenvalue weighted by Gasteiger charge is 2.60. The van der Waals surface area contributed by atoms with Crippen LogP contribution < -0.4 is 0 Å². The second kappa shape index (κ2) is 3.28. The van der Waals surface area contributed by atoms with Gasteiger partial charge in [-0.15, -0.1) is 0 Å². The molecule has 0 saturated carbocycles. The Morgan fingerprint density at radius 2 is 1.87 bits per heavy atom. The van der Waals surface area contributed by atoms with E-state index in [9.17, 15) is 9.59 Å². The summed E-state index contributed by atoms with van der Waals surface area (Å²) in [5.74, 6) is -0.218. The summed E-state index contributed by atoms with van der Waals surface area (Å²) >= 11 is 0. The maximum Gasteiger partial charge on any atom is 0.195 e. The number of rotatable bonds is 3. The number of Topliss-reactive ketones (excluding diaryl/α,β-unsaturated/α-hetero) is 2. The van der Waals surface area contributed by atoms with Crippen molar-refractivity contribution in [3.8, 4) is 0 Å². The number of carbonyl (C=O) groups is 2. The lowest BCUT2D eigenvalue weighted by molar-refractivity contribution is -0.121.